The van der Waals surface area contributed by atoms with E-state index in [1.807, 2.05) is 0 Å². The Bertz CT molecular complexity index is 579. The van der Waals surface area contributed by atoms with Crippen molar-refractivity contribution in [2.45, 2.75) is 24.7 Å². The molecule has 9 heteroatoms. The van der Waals surface area contributed by atoms with Crippen LogP contribution >= 0.6 is 0 Å². The fourth-order valence-corrected chi connectivity index (χ4v) is 3.00. The van der Waals surface area contributed by atoms with E-state index in [-0.39, 0.29) is 18.1 Å². The molecule has 1 aromatic rings. The number of hydrogen-bond donors (Lipinski definition) is 0. The minimum absolute atomic E-state index is 0.0377. The van der Waals surface area contributed by atoms with E-state index >= 15 is 0 Å². The SMILES string of the molecule is CCCCOCCOCCOCCOCCOCCOS(=O)(=O)c1ccccc1. The molecule has 0 aliphatic heterocycles. The Hall–Kier alpha value is -1.07. The zero-order chi connectivity index (χ0) is 21.0. The van der Waals surface area contributed by atoms with Crippen LogP contribution in [0.5, 0.6) is 0 Å². The molecule has 1 rings (SSSR count). The summed E-state index contributed by atoms with van der Waals surface area (Å²) in [6, 6.07) is 8.01. The third kappa shape index (κ3) is 14.5. The van der Waals surface area contributed by atoms with Crippen LogP contribution in [0, 0.1) is 0 Å². The van der Waals surface area contributed by atoms with Gasteiger partial charge in [-0.25, -0.2) is 0 Å². The van der Waals surface area contributed by atoms with Gasteiger partial charge in [-0.15, -0.1) is 0 Å². The zero-order valence-corrected chi connectivity index (χ0v) is 18.1. The minimum Gasteiger partial charge on any atom is -0.379 e. The number of rotatable bonds is 20. The molecule has 0 atom stereocenters. The molecule has 0 saturated carbocycles. The average Bonchev–Trinajstić information content (AvgIpc) is 2.73. The Balaban J connectivity index is 1.80. The lowest BCUT2D eigenvalue weighted by atomic mass is 10.4. The molecular weight excluding hydrogens is 400 g/mol. The predicted molar refractivity (Wildman–Crippen MR) is 109 cm³/mol. The average molecular weight is 435 g/mol. The molecule has 0 spiro atoms. The van der Waals surface area contributed by atoms with Gasteiger partial charge in [-0.2, -0.15) is 8.42 Å². The molecule has 0 aromatic heterocycles. The van der Waals surface area contributed by atoms with Crippen LogP contribution in [0.15, 0.2) is 35.2 Å². The van der Waals surface area contributed by atoms with Gasteiger partial charge in [0.15, 0.2) is 0 Å². The lowest BCUT2D eigenvalue weighted by Gasteiger charge is -2.08. The first-order valence-electron chi connectivity index (χ1n) is 10.00. The van der Waals surface area contributed by atoms with Gasteiger partial charge >= 0.3 is 0 Å². The van der Waals surface area contributed by atoms with Crippen LogP contribution < -0.4 is 0 Å². The number of benzene rings is 1. The Morgan fingerprint density at radius 1 is 0.621 bits per heavy atom. The van der Waals surface area contributed by atoms with Crippen molar-refractivity contribution in [1.82, 2.24) is 0 Å². The summed E-state index contributed by atoms with van der Waals surface area (Å²) in [5, 5.41) is 0. The molecule has 29 heavy (non-hydrogen) atoms. The van der Waals surface area contributed by atoms with E-state index in [0.717, 1.165) is 19.4 Å². The standard InChI is InChI=1S/C20H34O8S/c1-2-3-9-23-10-11-24-12-13-25-14-15-26-16-17-27-18-19-28-29(21,22)20-7-5-4-6-8-20/h4-8H,2-3,9-19H2,1H3. The van der Waals surface area contributed by atoms with Crippen LogP contribution in [0.3, 0.4) is 0 Å². The molecule has 0 heterocycles. The van der Waals surface area contributed by atoms with E-state index in [2.05, 4.69) is 6.92 Å². The van der Waals surface area contributed by atoms with Crippen molar-refractivity contribution in [2.24, 2.45) is 0 Å². The Labute approximate surface area is 174 Å². The first kappa shape index (κ1) is 26.0. The smallest absolute Gasteiger partial charge is 0.297 e. The Morgan fingerprint density at radius 2 is 1.03 bits per heavy atom. The number of hydrogen-bond acceptors (Lipinski definition) is 8. The molecule has 0 aliphatic carbocycles. The van der Waals surface area contributed by atoms with Crippen LogP contribution in [0.25, 0.3) is 0 Å². The third-order valence-electron chi connectivity index (χ3n) is 3.63. The maximum absolute atomic E-state index is 11.9. The first-order valence-corrected chi connectivity index (χ1v) is 11.4. The maximum Gasteiger partial charge on any atom is 0.297 e. The molecule has 0 saturated heterocycles. The van der Waals surface area contributed by atoms with Crippen molar-refractivity contribution in [3.63, 3.8) is 0 Å². The van der Waals surface area contributed by atoms with Gasteiger partial charge in [0.25, 0.3) is 10.1 Å². The molecule has 0 aliphatic rings. The molecule has 1 aromatic carbocycles. The van der Waals surface area contributed by atoms with Gasteiger partial charge in [0.05, 0.1) is 71.0 Å². The Morgan fingerprint density at radius 3 is 1.48 bits per heavy atom. The lowest BCUT2D eigenvalue weighted by Crippen LogP contribution is -2.15. The first-order chi connectivity index (χ1) is 14.2. The van der Waals surface area contributed by atoms with E-state index in [9.17, 15) is 8.42 Å². The van der Waals surface area contributed by atoms with Crippen molar-refractivity contribution >= 4 is 10.1 Å². The summed E-state index contributed by atoms with van der Waals surface area (Å²) in [6.45, 7) is 7.00. The summed E-state index contributed by atoms with van der Waals surface area (Å²) < 4.78 is 55.5. The number of unbranched alkanes of at least 4 members (excludes halogenated alkanes) is 1. The third-order valence-corrected chi connectivity index (χ3v) is 4.95. The van der Waals surface area contributed by atoms with E-state index < -0.39 is 10.1 Å². The summed E-state index contributed by atoms with van der Waals surface area (Å²) >= 11 is 0. The van der Waals surface area contributed by atoms with Crippen molar-refractivity contribution in [1.29, 1.82) is 0 Å². The predicted octanol–water partition coefficient (Wildman–Crippen LogP) is 2.28. The van der Waals surface area contributed by atoms with Crippen molar-refractivity contribution in [3.05, 3.63) is 30.3 Å². The second-order valence-corrected chi connectivity index (χ2v) is 7.62. The monoisotopic (exact) mass is 434 g/mol. The van der Waals surface area contributed by atoms with Gasteiger partial charge < -0.3 is 23.7 Å². The number of ether oxygens (including phenoxy) is 5. The van der Waals surface area contributed by atoms with Gasteiger partial charge in [-0.3, -0.25) is 4.18 Å². The fraction of sp³-hybridized carbons (Fsp3) is 0.700. The molecule has 0 fully saturated rings. The van der Waals surface area contributed by atoms with E-state index in [4.69, 9.17) is 27.9 Å². The summed E-state index contributed by atoms with van der Waals surface area (Å²) in [5.74, 6) is 0. The highest BCUT2D eigenvalue weighted by atomic mass is 32.2. The second-order valence-electron chi connectivity index (χ2n) is 6.00. The van der Waals surface area contributed by atoms with Gasteiger partial charge in [-0.1, -0.05) is 31.5 Å². The van der Waals surface area contributed by atoms with Gasteiger partial charge in [-0.05, 0) is 18.6 Å². The molecule has 0 amide bonds. The van der Waals surface area contributed by atoms with Gasteiger partial charge in [0.2, 0.25) is 0 Å². The summed E-state index contributed by atoms with van der Waals surface area (Å²) in [6.07, 6.45) is 2.22. The van der Waals surface area contributed by atoms with Crippen molar-refractivity contribution in [2.75, 3.05) is 72.7 Å². The highest BCUT2D eigenvalue weighted by molar-refractivity contribution is 7.86. The second kappa shape index (κ2) is 17.8. The minimum atomic E-state index is -3.73. The van der Waals surface area contributed by atoms with Crippen LogP contribution in [-0.4, -0.2) is 81.1 Å². The lowest BCUT2D eigenvalue weighted by molar-refractivity contribution is -0.0127. The normalized spacial score (nSPS) is 11.8. The van der Waals surface area contributed by atoms with Crippen molar-refractivity contribution in [3.8, 4) is 0 Å². The molecule has 8 nitrogen and oxygen atoms in total. The maximum atomic E-state index is 11.9. The van der Waals surface area contributed by atoms with E-state index in [1.165, 1.54) is 12.1 Å². The van der Waals surface area contributed by atoms with Crippen LogP contribution in [0.2, 0.25) is 0 Å². The topological polar surface area (TPSA) is 89.5 Å². The molecule has 168 valence electrons. The summed E-state index contributed by atoms with van der Waals surface area (Å²) in [7, 11) is -3.73. The summed E-state index contributed by atoms with van der Waals surface area (Å²) in [4.78, 5) is 0.133. The molecular formula is C20H34O8S. The van der Waals surface area contributed by atoms with E-state index in [0.29, 0.717) is 52.9 Å². The van der Waals surface area contributed by atoms with Crippen LogP contribution in [-0.2, 0) is 38.0 Å². The van der Waals surface area contributed by atoms with Crippen LogP contribution in [0.4, 0.5) is 0 Å². The quantitative estimate of drug-likeness (QED) is 0.228. The molecule has 0 bridgehead atoms. The molecule has 0 unspecified atom stereocenters. The van der Waals surface area contributed by atoms with Crippen molar-refractivity contribution < 1.29 is 36.3 Å². The Kier molecular flexibility index (Phi) is 15.9. The molecule has 0 N–H and O–H groups in total. The van der Waals surface area contributed by atoms with Crippen LogP contribution in [0.1, 0.15) is 19.8 Å². The zero-order valence-electron chi connectivity index (χ0n) is 17.3. The highest BCUT2D eigenvalue weighted by Gasteiger charge is 2.13. The van der Waals surface area contributed by atoms with Gasteiger partial charge in [0.1, 0.15) is 0 Å². The van der Waals surface area contributed by atoms with Gasteiger partial charge in [0, 0.05) is 6.61 Å². The largest absolute Gasteiger partial charge is 0.379 e. The summed E-state index contributed by atoms with van der Waals surface area (Å²) in [5.41, 5.74) is 0. The molecule has 0 radical (unpaired) electrons. The highest BCUT2D eigenvalue weighted by Crippen LogP contribution is 2.10. The fourth-order valence-electron chi connectivity index (χ4n) is 2.09. The van der Waals surface area contributed by atoms with E-state index in [1.54, 1.807) is 18.2 Å².